The van der Waals surface area contributed by atoms with Crippen LogP contribution in [0.15, 0.2) is 18.2 Å². The Morgan fingerprint density at radius 2 is 2.09 bits per heavy atom. The van der Waals surface area contributed by atoms with Crippen LogP contribution in [0.4, 0.5) is 0 Å². The standard InChI is InChI=1S/C20H28O2/c1-12-10-18-17-6-4-13-11-14(22-3)5-7-15(13)16(17)8-9-20(18,2)19(12)21/h5,7,11-12,16-19,21H,4,6,8-10H2,1-3H3/t12-,16-,17-,18+,19-,20+/m1/s1. The highest BCUT2D eigenvalue weighted by molar-refractivity contribution is 5.40. The molecule has 1 N–H and O–H groups in total. The zero-order valence-electron chi connectivity index (χ0n) is 14.0. The highest BCUT2D eigenvalue weighted by Gasteiger charge is 2.56. The fourth-order valence-electron chi connectivity index (χ4n) is 6.02. The molecule has 0 radical (unpaired) electrons. The summed E-state index contributed by atoms with van der Waals surface area (Å²) in [6.07, 6.45) is 5.98. The molecule has 120 valence electrons. The summed E-state index contributed by atoms with van der Waals surface area (Å²) in [6.45, 7) is 4.59. The molecule has 0 heterocycles. The van der Waals surface area contributed by atoms with Crippen LogP contribution < -0.4 is 4.74 Å². The Balaban J connectivity index is 1.69. The van der Waals surface area contributed by atoms with Gasteiger partial charge in [-0.2, -0.15) is 0 Å². The molecule has 2 nitrogen and oxygen atoms in total. The number of aliphatic hydroxyl groups is 1. The second kappa shape index (κ2) is 4.99. The molecule has 22 heavy (non-hydrogen) atoms. The summed E-state index contributed by atoms with van der Waals surface area (Å²) in [5, 5.41) is 10.7. The minimum absolute atomic E-state index is 0.101. The average Bonchev–Trinajstić information content (AvgIpc) is 2.77. The van der Waals surface area contributed by atoms with Crippen molar-refractivity contribution in [1.29, 1.82) is 0 Å². The summed E-state index contributed by atoms with van der Waals surface area (Å²) in [6, 6.07) is 6.68. The molecule has 6 atom stereocenters. The van der Waals surface area contributed by atoms with Gasteiger partial charge >= 0.3 is 0 Å². The van der Waals surface area contributed by atoms with Crippen molar-refractivity contribution in [3.63, 3.8) is 0 Å². The molecule has 4 rings (SSSR count). The van der Waals surface area contributed by atoms with E-state index in [0.717, 1.165) is 11.7 Å². The number of aryl methyl sites for hydroxylation is 1. The molecule has 1 aromatic carbocycles. The number of hydrogen-bond acceptors (Lipinski definition) is 2. The Kier molecular flexibility index (Phi) is 3.30. The van der Waals surface area contributed by atoms with Gasteiger partial charge in [0.15, 0.2) is 0 Å². The maximum absolute atomic E-state index is 10.7. The number of hydrogen-bond donors (Lipinski definition) is 1. The molecule has 0 spiro atoms. The number of benzene rings is 1. The van der Waals surface area contributed by atoms with E-state index in [1.165, 1.54) is 37.7 Å². The molecular weight excluding hydrogens is 272 g/mol. The lowest BCUT2D eigenvalue weighted by Crippen LogP contribution is -2.44. The van der Waals surface area contributed by atoms with E-state index in [-0.39, 0.29) is 11.5 Å². The predicted octanol–water partition coefficient (Wildman–Crippen LogP) is 4.16. The minimum Gasteiger partial charge on any atom is -0.497 e. The Labute approximate surface area is 133 Å². The molecule has 1 aromatic rings. The zero-order valence-corrected chi connectivity index (χ0v) is 14.0. The van der Waals surface area contributed by atoms with E-state index in [1.54, 1.807) is 12.7 Å². The van der Waals surface area contributed by atoms with Gasteiger partial charge in [0.2, 0.25) is 0 Å². The van der Waals surface area contributed by atoms with Gasteiger partial charge in [0, 0.05) is 0 Å². The van der Waals surface area contributed by atoms with Crippen molar-refractivity contribution in [2.45, 2.75) is 58.0 Å². The first kappa shape index (κ1) is 14.6. The van der Waals surface area contributed by atoms with Gasteiger partial charge in [0.1, 0.15) is 5.75 Å². The van der Waals surface area contributed by atoms with E-state index in [2.05, 4.69) is 32.0 Å². The maximum Gasteiger partial charge on any atom is 0.119 e. The van der Waals surface area contributed by atoms with Gasteiger partial charge in [0.25, 0.3) is 0 Å². The molecule has 0 unspecified atom stereocenters. The molecule has 3 aliphatic carbocycles. The molecule has 0 aromatic heterocycles. The van der Waals surface area contributed by atoms with Crippen molar-refractivity contribution >= 4 is 0 Å². The Hall–Kier alpha value is -1.02. The quantitative estimate of drug-likeness (QED) is 0.844. The summed E-state index contributed by atoms with van der Waals surface area (Å²) in [5.41, 5.74) is 3.22. The number of ether oxygens (including phenoxy) is 1. The Morgan fingerprint density at radius 3 is 2.86 bits per heavy atom. The van der Waals surface area contributed by atoms with Gasteiger partial charge in [-0.25, -0.2) is 0 Å². The first-order valence-corrected chi connectivity index (χ1v) is 8.89. The van der Waals surface area contributed by atoms with Crippen molar-refractivity contribution in [3.05, 3.63) is 29.3 Å². The van der Waals surface area contributed by atoms with Crippen molar-refractivity contribution in [3.8, 4) is 5.75 Å². The summed E-state index contributed by atoms with van der Waals surface area (Å²) < 4.78 is 5.40. The first-order valence-electron chi connectivity index (χ1n) is 8.89. The fourth-order valence-corrected chi connectivity index (χ4v) is 6.02. The third-order valence-electron chi connectivity index (χ3n) is 7.21. The molecule has 0 amide bonds. The smallest absolute Gasteiger partial charge is 0.119 e. The topological polar surface area (TPSA) is 29.5 Å². The molecule has 0 aliphatic heterocycles. The molecular formula is C20H28O2. The number of rotatable bonds is 1. The molecule has 2 heteroatoms. The van der Waals surface area contributed by atoms with Crippen LogP contribution in [0.2, 0.25) is 0 Å². The lowest BCUT2D eigenvalue weighted by atomic mass is 9.55. The lowest BCUT2D eigenvalue weighted by Gasteiger charge is -2.50. The van der Waals surface area contributed by atoms with Crippen LogP contribution in [0.3, 0.4) is 0 Å². The highest BCUT2D eigenvalue weighted by atomic mass is 16.5. The van der Waals surface area contributed by atoms with E-state index in [4.69, 9.17) is 4.74 Å². The third-order valence-corrected chi connectivity index (χ3v) is 7.21. The second-order valence-electron chi connectivity index (χ2n) is 8.18. The lowest BCUT2D eigenvalue weighted by molar-refractivity contribution is -0.0309. The van der Waals surface area contributed by atoms with E-state index in [1.807, 2.05) is 0 Å². The summed E-state index contributed by atoms with van der Waals surface area (Å²) in [7, 11) is 1.75. The molecule has 2 saturated carbocycles. The molecule has 2 fully saturated rings. The highest BCUT2D eigenvalue weighted by Crippen LogP contribution is 2.62. The van der Waals surface area contributed by atoms with E-state index in [0.29, 0.717) is 17.8 Å². The third kappa shape index (κ3) is 1.89. The average molecular weight is 300 g/mol. The van der Waals surface area contributed by atoms with Crippen LogP contribution in [0, 0.1) is 23.2 Å². The van der Waals surface area contributed by atoms with Crippen LogP contribution in [-0.2, 0) is 6.42 Å². The summed E-state index contributed by atoms with van der Waals surface area (Å²) in [4.78, 5) is 0. The Bertz CT molecular complexity index is 581. The van der Waals surface area contributed by atoms with Crippen molar-refractivity contribution in [2.75, 3.05) is 7.11 Å². The number of fused-ring (bicyclic) bond motifs is 5. The van der Waals surface area contributed by atoms with E-state index < -0.39 is 0 Å². The largest absolute Gasteiger partial charge is 0.497 e. The molecule has 0 bridgehead atoms. The fraction of sp³-hybridized carbons (Fsp3) is 0.700. The van der Waals surface area contributed by atoms with Crippen LogP contribution in [0.1, 0.15) is 56.6 Å². The molecule has 0 saturated heterocycles. The van der Waals surface area contributed by atoms with Crippen LogP contribution >= 0.6 is 0 Å². The van der Waals surface area contributed by atoms with Gasteiger partial charge in [-0.15, -0.1) is 0 Å². The maximum atomic E-state index is 10.7. The van der Waals surface area contributed by atoms with Gasteiger partial charge in [-0.3, -0.25) is 0 Å². The van der Waals surface area contributed by atoms with Crippen molar-refractivity contribution in [2.24, 2.45) is 23.2 Å². The van der Waals surface area contributed by atoms with Crippen LogP contribution in [0.5, 0.6) is 5.75 Å². The second-order valence-corrected chi connectivity index (χ2v) is 8.18. The number of aliphatic hydroxyl groups excluding tert-OH is 1. The summed E-state index contributed by atoms with van der Waals surface area (Å²) >= 11 is 0. The Morgan fingerprint density at radius 1 is 1.27 bits per heavy atom. The van der Waals surface area contributed by atoms with E-state index in [9.17, 15) is 5.11 Å². The zero-order chi connectivity index (χ0) is 15.5. The van der Waals surface area contributed by atoms with Gasteiger partial charge in [-0.05, 0) is 84.5 Å². The van der Waals surface area contributed by atoms with Gasteiger partial charge in [-0.1, -0.05) is 19.9 Å². The molecule has 3 aliphatic rings. The summed E-state index contributed by atoms with van der Waals surface area (Å²) in [5.74, 6) is 3.62. The van der Waals surface area contributed by atoms with Gasteiger partial charge in [0.05, 0.1) is 13.2 Å². The number of methoxy groups -OCH3 is 1. The first-order chi connectivity index (χ1) is 10.5. The van der Waals surface area contributed by atoms with Crippen molar-refractivity contribution in [1.82, 2.24) is 0 Å². The monoisotopic (exact) mass is 300 g/mol. The minimum atomic E-state index is -0.101. The van der Waals surface area contributed by atoms with E-state index >= 15 is 0 Å². The SMILES string of the molecule is COc1ccc2c(c1)CC[C@@H]1[C@@H]2CC[C@]2(C)[C@H](O)[C@H](C)C[C@@H]12. The normalized spacial score (nSPS) is 43.2. The van der Waals surface area contributed by atoms with Gasteiger partial charge < -0.3 is 9.84 Å². The van der Waals surface area contributed by atoms with Crippen molar-refractivity contribution < 1.29 is 9.84 Å². The van der Waals surface area contributed by atoms with Crippen LogP contribution in [0.25, 0.3) is 0 Å². The van der Waals surface area contributed by atoms with Crippen LogP contribution in [-0.4, -0.2) is 18.3 Å². The predicted molar refractivity (Wildman–Crippen MR) is 88.2 cm³/mol.